The van der Waals surface area contributed by atoms with E-state index in [9.17, 15) is 4.79 Å². The largest absolute Gasteiger partial charge is 0.490 e. The number of anilines is 1. The van der Waals surface area contributed by atoms with Crippen molar-refractivity contribution >= 4 is 35.2 Å². The minimum absolute atomic E-state index is 0.111. The Labute approximate surface area is 194 Å². The van der Waals surface area contributed by atoms with Gasteiger partial charge in [0.05, 0.1) is 41.1 Å². The summed E-state index contributed by atoms with van der Waals surface area (Å²) in [6.07, 6.45) is 5.61. The number of benzene rings is 1. The number of nitrogens with one attached hydrogen (secondary N) is 1. The predicted octanol–water partition coefficient (Wildman–Crippen LogP) is 3.50. The lowest BCUT2D eigenvalue weighted by molar-refractivity contribution is 0.197. The van der Waals surface area contributed by atoms with Gasteiger partial charge < -0.3 is 20.7 Å². The highest BCUT2D eigenvalue weighted by Gasteiger charge is 2.32. The number of fused-ring (bicyclic) bond motifs is 1. The van der Waals surface area contributed by atoms with Gasteiger partial charge in [0.25, 0.3) is 0 Å². The third-order valence-corrected chi connectivity index (χ3v) is 6.01. The molecule has 0 unspecified atom stereocenters. The number of aromatic nitrogens is 4. The molecule has 1 aliphatic heterocycles. The number of halogens is 2. The van der Waals surface area contributed by atoms with Crippen LogP contribution in [-0.4, -0.2) is 43.3 Å². The average Bonchev–Trinajstić information content (AvgIpc) is 3.23. The zero-order valence-electron chi connectivity index (χ0n) is 17.1. The summed E-state index contributed by atoms with van der Waals surface area (Å²) in [5.74, 6) is 0.598. The molecule has 11 heteroatoms. The van der Waals surface area contributed by atoms with Crippen LogP contribution in [0, 0.1) is 0 Å². The summed E-state index contributed by atoms with van der Waals surface area (Å²) in [7, 11) is 0. The highest BCUT2D eigenvalue weighted by Crippen LogP contribution is 2.40. The van der Waals surface area contributed by atoms with Crippen molar-refractivity contribution < 1.29 is 9.53 Å². The zero-order valence-corrected chi connectivity index (χ0v) is 18.6. The van der Waals surface area contributed by atoms with E-state index in [1.807, 2.05) is 12.3 Å². The van der Waals surface area contributed by atoms with Gasteiger partial charge in [0, 0.05) is 29.6 Å². The molecule has 3 N–H and O–H groups in total. The molecule has 1 aromatic carbocycles. The zero-order chi connectivity index (χ0) is 22.2. The van der Waals surface area contributed by atoms with Gasteiger partial charge in [0.1, 0.15) is 12.4 Å². The number of urea groups is 1. The third kappa shape index (κ3) is 4.31. The second-order valence-corrected chi connectivity index (χ2v) is 8.63. The van der Waals surface area contributed by atoms with E-state index in [2.05, 4.69) is 20.4 Å². The molecule has 1 saturated carbocycles. The van der Waals surface area contributed by atoms with Crippen molar-refractivity contribution in [1.29, 1.82) is 0 Å². The Morgan fingerprint density at radius 2 is 2.06 bits per heavy atom. The average molecular weight is 474 g/mol. The van der Waals surface area contributed by atoms with Gasteiger partial charge in [-0.2, -0.15) is 5.10 Å². The number of hydrogen-bond donors (Lipinski definition) is 2. The molecule has 2 amide bonds. The van der Waals surface area contributed by atoms with E-state index in [0.717, 1.165) is 18.4 Å². The van der Waals surface area contributed by atoms with Crippen molar-refractivity contribution in [3.05, 3.63) is 51.9 Å². The second-order valence-electron chi connectivity index (χ2n) is 7.82. The van der Waals surface area contributed by atoms with Gasteiger partial charge in [-0.3, -0.25) is 4.68 Å². The smallest absolute Gasteiger partial charge is 0.318 e. The molecule has 2 aliphatic rings. The van der Waals surface area contributed by atoms with Gasteiger partial charge in [-0.25, -0.2) is 14.8 Å². The van der Waals surface area contributed by atoms with Gasteiger partial charge in [-0.05, 0) is 31.0 Å². The van der Waals surface area contributed by atoms with Crippen LogP contribution in [0.5, 0.6) is 5.75 Å². The Hall–Kier alpha value is -3.04. The highest BCUT2D eigenvalue weighted by atomic mass is 35.5. The molecule has 166 valence electrons. The van der Waals surface area contributed by atoms with E-state index in [-0.39, 0.29) is 18.0 Å². The predicted molar refractivity (Wildman–Crippen MR) is 120 cm³/mol. The number of nitrogen functional groups attached to an aromatic ring is 1. The number of rotatable bonds is 6. The summed E-state index contributed by atoms with van der Waals surface area (Å²) in [6.45, 7) is 1.69. The van der Waals surface area contributed by atoms with Crippen LogP contribution in [0.15, 0.2) is 30.6 Å². The monoisotopic (exact) mass is 473 g/mol. The minimum Gasteiger partial charge on any atom is -0.490 e. The normalized spacial score (nSPS) is 15.0. The lowest BCUT2D eigenvalue weighted by Crippen LogP contribution is -2.37. The maximum atomic E-state index is 12.5. The van der Waals surface area contributed by atoms with Crippen LogP contribution in [-0.2, 0) is 19.6 Å². The summed E-state index contributed by atoms with van der Waals surface area (Å²) < 4.78 is 7.65. The summed E-state index contributed by atoms with van der Waals surface area (Å²) in [6, 6.07) is 5.39. The molecule has 9 nitrogen and oxygen atoms in total. The Morgan fingerprint density at radius 3 is 2.81 bits per heavy atom. The van der Waals surface area contributed by atoms with Gasteiger partial charge in [-0.1, -0.05) is 23.2 Å². The van der Waals surface area contributed by atoms with E-state index >= 15 is 0 Å². The summed E-state index contributed by atoms with van der Waals surface area (Å²) in [4.78, 5) is 23.0. The van der Waals surface area contributed by atoms with Crippen LogP contribution in [0.4, 0.5) is 10.7 Å². The topological polar surface area (TPSA) is 111 Å². The maximum Gasteiger partial charge on any atom is 0.318 e. The molecule has 1 fully saturated rings. The first-order valence-corrected chi connectivity index (χ1v) is 11.0. The molecule has 32 heavy (non-hydrogen) atoms. The minimum atomic E-state index is -0.111. The number of amides is 2. The molecule has 0 bridgehead atoms. The van der Waals surface area contributed by atoms with Crippen LogP contribution in [0.1, 0.15) is 24.1 Å². The van der Waals surface area contributed by atoms with Crippen molar-refractivity contribution in [2.45, 2.75) is 38.5 Å². The number of carbonyl (C=O) groups excluding carboxylic acids is 1. The van der Waals surface area contributed by atoms with Crippen molar-refractivity contribution in [2.75, 3.05) is 12.3 Å². The number of nitrogens with two attached hydrogens (primary N) is 1. The van der Waals surface area contributed by atoms with Crippen molar-refractivity contribution in [3.8, 4) is 17.0 Å². The molecule has 5 rings (SSSR count). The standard InChI is InChI=1S/C21H21Cl2N7O2/c22-15-9-16(23)18(32-7-6-30-5-1-4-25-30)8-13(15)19-14-10-29(21(31)26-12-2-3-12)11-17(14)27-20(24)28-19/h1,4-5,8-9,12H,2-3,6-7,10-11H2,(H,26,31)(H2,24,27,28). The van der Waals surface area contributed by atoms with Crippen molar-refractivity contribution in [1.82, 2.24) is 30.0 Å². The third-order valence-electron chi connectivity index (χ3n) is 5.41. The first kappa shape index (κ1) is 20.8. The Morgan fingerprint density at radius 1 is 1.22 bits per heavy atom. The maximum absolute atomic E-state index is 12.5. The van der Waals surface area contributed by atoms with E-state index in [1.54, 1.807) is 27.9 Å². The van der Waals surface area contributed by atoms with Crippen LogP contribution < -0.4 is 15.8 Å². The van der Waals surface area contributed by atoms with E-state index in [4.69, 9.17) is 33.7 Å². The van der Waals surface area contributed by atoms with Crippen LogP contribution >= 0.6 is 23.2 Å². The van der Waals surface area contributed by atoms with E-state index in [1.165, 1.54) is 0 Å². The SMILES string of the molecule is Nc1nc2c(c(-c3cc(OCCn4cccn4)c(Cl)cc3Cl)n1)CN(C(=O)NC1CC1)C2. The Kier molecular flexibility index (Phi) is 5.52. The van der Waals surface area contributed by atoms with E-state index < -0.39 is 0 Å². The Balaban J connectivity index is 1.41. The molecule has 3 heterocycles. The molecule has 0 spiro atoms. The van der Waals surface area contributed by atoms with Gasteiger partial charge in [0.2, 0.25) is 5.95 Å². The fourth-order valence-electron chi connectivity index (χ4n) is 3.64. The van der Waals surface area contributed by atoms with Gasteiger partial charge >= 0.3 is 6.03 Å². The van der Waals surface area contributed by atoms with Gasteiger partial charge in [-0.15, -0.1) is 0 Å². The number of nitrogens with zero attached hydrogens (tertiary/aromatic N) is 5. The number of ether oxygens (including phenoxy) is 1. The summed E-state index contributed by atoms with van der Waals surface area (Å²) in [5.41, 5.74) is 8.71. The first-order valence-electron chi connectivity index (χ1n) is 10.3. The molecule has 0 saturated heterocycles. The van der Waals surface area contributed by atoms with Crippen LogP contribution in [0.3, 0.4) is 0 Å². The molecule has 3 aromatic rings. The number of hydrogen-bond acceptors (Lipinski definition) is 6. The van der Waals surface area contributed by atoms with Gasteiger partial charge in [0.15, 0.2) is 0 Å². The lowest BCUT2D eigenvalue weighted by atomic mass is 10.1. The Bertz CT molecular complexity index is 1170. The molecule has 1 aliphatic carbocycles. The second kappa shape index (κ2) is 8.48. The molecular weight excluding hydrogens is 453 g/mol. The van der Waals surface area contributed by atoms with Crippen LogP contribution in [0.25, 0.3) is 11.3 Å². The lowest BCUT2D eigenvalue weighted by Gasteiger charge is -2.16. The first-order chi connectivity index (χ1) is 15.5. The quantitative estimate of drug-likeness (QED) is 0.566. The van der Waals surface area contributed by atoms with Crippen molar-refractivity contribution in [3.63, 3.8) is 0 Å². The van der Waals surface area contributed by atoms with Crippen molar-refractivity contribution in [2.24, 2.45) is 0 Å². The fourth-order valence-corrected chi connectivity index (χ4v) is 4.16. The molecular formula is C21H21Cl2N7O2. The van der Waals surface area contributed by atoms with E-state index in [0.29, 0.717) is 59.0 Å². The van der Waals surface area contributed by atoms with Crippen LogP contribution in [0.2, 0.25) is 10.0 Å². The number of carbonyl (C=O) groups is 1. The molecule has 0 atom stereocenters. The summed E-state index contributed by atoms with van der Waals surface area (Å²) in [5, 5.41) is 7.96. The molecule has 0 radical (unpaired) electrons. The fraction of sp³-hybridized carbons (Fsp3) is 0.333. The summed E-state index contributed by atoms with van der Waals surface area (Å²) >= 11 is 12.9. The highest BCUT2D eigenvalue weighted by molar-refractivity contribution is 6.37. The molecule has 2 aromatic heterocycles.